The summed E-state index contributed by atoms with van der Waals surface area (Å²) >= 11 is 0. The zero-order valence-corrected chi connectivity index (χ0v) is 20.2. The van der Waals surface area contributed by atoms with Gasteiger partial charge >= 0.3 is 0 Å². The zero-order valence-electron chi connectivity index (χ0n) is 20.2. The van der Waals surface area contributed by atoms with Gasteiger partial charge in [-0.25, -0.2) is 0 Å². The fourth-order valence-electron chi connectivity index (χ4n) is 7.39. The molecule has 8 nitrogen and oxygen atoms in total. The first-order valence-corrected chi connectivity index (χ1v) is 12.9. The molecule has 1 saturated heterocycles. The maximum atomic E-state index is 11.3. The van der Waals surface area contributed by atoms with Gasteiger partial charge < -0.3 is 32.0 Å². The van der Waals surface area contributed by atoms with Gasteiger partial charge in [0, 0.05) is 56.2 Å². The van der Waals surface area contributed by atoms with Crippen LogP contribution in [0.3, 0.4) is 0 Å². The van der Waals surface area contributed by atoms with E-state index in [2.05, 4.69) is 21.9 Å². The molecule has 1 aromatic rings. The van der Waals surface area contributed by atoms with E-state index in [-0.39, 0.29) is 30.4 Å². The number of nitrogens with zero attached hydrogens (tertiary/aromatic N) is 3. The lowest BCUT2D eigenvalue weighted by atomic mass is 9.47. The molecule has 1 aromatic carbocycles. The molecular weight excluding hydrogens is 428 g/mol. The van der Waals surface area contributed by atoms with E-state index < -0.39 is 5.60 Å². The molecule has 0 amide bonds. The van der Waals surface area contributed by atoms with Crippen LogP contribution >= 0.6 is 0 Å². The highest BCUT2D eigenvalue weighted by Crippen LogP contribution is 2.62. The summed E-state index contributed by atoms with van der Waals surface area (Å²) < 4.78 is 0. The van der Waals surface area contributed by atoms with E-state index in [1.165, 1.54) is 17.5 Å². The molecule has 4 saturated carbocycles. The van der Waals surface area contributed by atoms with Crippen LogP contribution in [0.1, 0.15) is 44.1 Å². The number of nitrogen functional groups attached to an aromatic ring is 1. The fourth-order valence-corrected chi connectivity index (χ4v) is 7.39. The summed E-state index contributed by atoms with van der Waals surface area (Å²) in [5, 5.41) is 28.1. The van der Waals surface area contributed by atoms with Crippen LogP contribution in [0.4, 0.5) is 11.4 Å². The van der Waals surface area contributed by atoms with E-state index in [1.54, 1.807) is 0 Å². The predicted octanol–water partition coefficient (Wildman–Crippen LogP) is 1.66. The molecule has 7 unspecified atom stereocenters. The zero-order chi connectivity index (χ0) is 24.0. The van der Waals surface area contributed by atoms with E-state index in [4.69, 9.17) is 21.9 Å². The van der Waals surface area contributed by atoms with E-state index in [9.17, 15) is 10.2 Å². The Balaban J connectivity index is 1.44. The molecule has 6 rings (SSSR count). The van der Waals surface area contributed by atoms with Crippen molar-refractivity contribution < 1.29 is 10.2 Å². The lowest BCUT2D eigenvalue weighted by Crippen LogP contribution is -2.59. The number of β-amino-alcohol motifs (C(OH)–C–C–N with tert-alkyl or cyclic N) is 1. The van der Waals surface area contributed by atoms with E-state index in [1.807, 2.05) is 13.0 Å². The lowest BCUT2D eigenvalue weighted by Gasteiger charge is -2.60. The van der Waals surface area contributed by atoms with Crippen LogP contribution in [0, 0.1) is 29.1 Å². The van der Waals surface area contributed by atoms with E-state index in [0.29, 0.717) is 17.7 Å². The molecule has 1 heterocycles. The summed E-state index contributed by atoms with van der Waals surface area (Å²) in [6, 6.07) is 6.55. The smallest absolute Gasteiger partial charge is 0.102 e. The van der Waals surface area contributed by atoms with Crippen LogP contribution in [0.15, 0.2) is 23.2 Å². The molecule has 0 aromatic heterocycles. The number of nitrogens with one attached hydrogen (secondary N) is 1. The third-order valence-electron chi connectivity index (χ3n) is 8.99. The molecule has 0 radical (unpaired) electrons. The van der Waals surface area contributed by atoms with Gasteiger partial charge in [0.05, 0.1) is 18.2 Å². The number of nitrogens with two attached hydrogens (primary N) is 2. The summed E-state index contributed by atoms with van der Waals surface area (Å²) in [7, 11) is 0. The van der Waals surface area contributed by atoms with Crippen molar-refractivity contribution >= 4 is 23.4 Å². The number of aliphatic hydroxyl groups excluding tert-OH is 1. The first kappa shape index (κ1) is 23.6. The molecule has 7 atom stereocenters. The second-order valence-corrected chi connectivity index (χ2v) is 11.1. The summed E-state index contributed by atoms with van der Waals surface area (Å²) in [6.45, 7) is 6.63. The van der Waals surface area contributed by atoms with Crippen molar-refractivity contribution in [1.82, 2.24) is 4.90 Å². The van der Waals surface area contributed by atoms with Crippen LogP contribution in [-0.4, -0.2) is 78.1 Å². The predicted molar refractivity (Wildman–Crippen MR) is 137 cm³/mol. The quantitative estimate of drug-likeness (QED) is 0.235. The molecule has 1 aliphatic heterocycles. The molecule has 5 aliphatic rings. The largest absolute Gasteiger partial charge is 0.398 e. The van der Waals surface area contributed by atoms with Gasteiger partial charge in [-0.05, 0) is 73.1 Å². The second-order valence-electron chi connectivity index (χ2n) is 11.1. The Labute approximate surface area is 202 Å². The average molecular weight is 469 g/mol. The molecule has 8 heteroatoms. The average Bonchev–Trinajstić information content (AvgIpc) is 2.81. The van der Waals surface area contributed by atoms with Crippen molar-refractivity contribution in [2.24, 2.45) is 34.4 Å². The summed E-state index contributed by atoms with van der Waals surface area (Å²) in [4.78, 5) is 9.69. The van der Waals surface area contributed by atoms with Crippen molar-refractivity contribution in [3.8, 4) is 0 Å². The van der Waals surface area contributed by atoms with Crippen LogP contribution in [0.2, 0.25) is 0 Å². The Morgan fingerprint density at radius 1 is 1.24 bits per heavy atom. The minimum absolute atomic E-state index is 0.0781. The lowest BCUT2D eigenvalue weighted by molar-refractivity contribution is -0.143. The van der Waals surface area contributed by atoms with Gasteiger partial charge in [-0.15, -0.1) is 0 Å². The molecular formula is C26H40N6O2. The van der Waals surface area contributed by atoms with Crippen LogP contribution in [0.25, 0.3) is 0 Å². The van der Waals surface area contributed by atoms with Gasteiger partial charge in [-0.1, -0.05) is 6.92 Å². The number of amidine groups is 1. The SMILES string of the molecule is CC(C=N)C(N)=NC1C2CC3CC(O)(C2)CC1C3c1cc(N2CCN(CCO)CC2)ccc1N. The highest BCUT2D eigenvalue weighted by atomic mass is 16.3. The Morgan fingerprint density at radius 3 is 2.68 bits per heavy atom. The Bertz CT molecular complexity index is 945. The van der Waals surface area contributed by atoms with Gasteiger partial charge in [-0.2, -0.15) is 0 Å². The number of piperazine rings is 1. The van der Waals surface area contributed by atoms with Gasteiger partial charge in [-0.3, -0.25) is 9.89 Å². The normalized spacial score (nSPS) is 36.6. The number of anilines is 2. The maximum absolute atomic E-state index is 11.3. The minimum atomic E-state index is -0.585. The van der Waals surface area contributed by atoms with Gasteiger partial charge in [0.1, 0.15) is 5.84 Å². The number of aliphatic imine (C=N–C) groups is 1. The third kappa shape index (κ3) is 4.20. The Hall–Kier alpha value is -2.16. The summed E-state index contributed by atoms with van der Waals surface area (Å²) in [5.74, 6) is 1.60. The molecule has 0 spiro atoms. The number of aliphatic hydroxyl groups is 2. The highest BCUT2D eigenvalue weighted by molar-refractivity contribution is 5.94. The number of rotatable bonds is 7. The molecule has 4 aliphatic carbocycles. The van der Waals surface area contributed by atoms with Crippen LogP contribution < -0.4 is 16.4 Å². The van der Waals surface area contributed by atoms with E-state index in [0.717, 1.165) is 64.1 Å². The Morgan fingerprint density at radius 2 is 1.97 bits per heavy atom. The number of hydrogen-bond donors (Lipinski definition) is 5. The summed E-state index contributed by atoms with van der Waals surface area (Å²) in [6.07, 6.45) is 4.79. The Kier molecular flexibility index (Phi) is 6.33. The van der Waals surface area contributed by atoms with Crippen molar-refractivity contribution in [2.45, 2.75) is 50.2 Å². The van der Waals surface area contributed by atoms with Crippen LogP contribution in [0.5, 0.6) is 0 Å². The van der Waals surface area contributed by atoms with Gasteiger partial charge in [0.25, 0.3) is 0 Å². The molecule has 4 bridgehead atoms. The molecule has 186 valence electrons. The first-order chi connectivity index (χ1) is 16.3. The van der Waals surface area contributed by atoms with Crippen molar-refractivity contribution in [2.75, 3.05) is 50.0 Å². The molecule has 5 fully saturated rings. The topological polar surface area (TPSA) is 135 Å². The summed E-state index contributed by atoms with van der Waals surface area (Å²) in [5.41, 5.74) is 15.5. The van der Waals surface area contributed by atoms with Gasteiger partial charge in [0.2, 0.25) is 0 Å². The standard InChI is InChI=1S/C26H40N6O2/c1-16(15-27)25(29)30-24-18-10-17-12-26(34,13-18)14-21(24)23(17)20-11-19(2-3-22(20)28)32-6-4-31(5-7-32)8-9-33/h2-3,11,15-18,21,23-24,27,33-34H,4-10,12-14,28H2,1H3,(H2,29,30). The number of benzene rings is 1. The molecule has 34 heavy (non-hydrogen) atoms. The van der Waals surface area contributed by atoms with E-state index >= 15 is 0 Å². The van der Waals surface area contributed by atoms with Crippen molar-refractivity contribution in [3.63, 3.8) is 0 Å². The van der Waals surface area contributed by atoms with Crippen molar-refractivity contribution in [3.05, 3.63) is 23.8 Å². The highest BCUT2D eigenvalue weighted by Gasteiger charge is 2.59. The monoisotopic (exact) mass is 468 g/mol. The van der Waals surface area contributed by atoms with Gasteiger partial charge in [0.15, 0.2) is 0 Å². The van der Waals surface area contributed by atoms with Crippen LogP contribution in [-0.2, 0) is 0 Å². The maximum Gasteiger partial charge on any atom is 0.102 e. The third-order valence-corrected chi connectivity index (χ3v) is 8.99. The molecule has 7 N–H and O–H groups in total. The first-order valence-electron chi connectivity index (χ1n) is 12.9. The fraction of sp³-hybridized carbons (Fsp3) is 0.692. The second kappa shape index (κ2) is 9.13. The minimum Gasteiger partial charge on any atom is -0.398 e. The van der Waals surface area contributed by atoms with Crippen molar-refractivity contribution in [1.29, 1.82) is 5.41 Å². The number of hydrogen-bond acceptors (Lipinski definition) is 7.